The van der Waals surface area contributed by atoms with E-state index in [1.54, 1.807) is 12.1 Å². The first-order valence-corrected chi connectivity index (χ1v) is 7.21. The van der Waals surface area contributed by atoms with Crippen LogP contribution >= 0.6 is 12.6 Å². The molecule has 2 amide bonds. The molecular weight excluding hydrogens is 284 g/mol. The molecule has 1 heterocycles. The minimum atomic E-state index is -0.223. The summed E-state index contributed by atoms with van der Waals surface area (Å²) in [5.41, 5.74) is 1.16. The summed E-state index contributed by atoms with van der Waals surface area (Å²) in [5.74, 6) is -0.447. The Kier molecular flexibility index (Phi) is 3.47. The first-order chi connectivity index (χ1) is 10.0. The minimum absolute atomic E-state index is 0.223. The van der Waals surface area contributed by atoms with E-state index in [9.17, 15) is 9.59 Å². The van der Waals surface area contributed by atoms with Gasteiger partial charge in [-0.05, 0) is 37.7 Å². The Balaban J connectivity index is 2.15. The van der Waals surface area contributed by atoms with Crippen molar-refractivity contribution in [3.8, 4) is 0 Å². The molecule has 0 saturated heterocycles. The number of amides is 2. The van der Waals surface area contributed by atoms with E-state index in [4.69, 9.17) is 0 Å². The maximum atomic E-state index is 12.6. The Labute approximate surface area is 128 Å². The first kappa shape index (κ1) is 14.1. The third-order valence-electron chi connectivity index (χ3n) is 3.74. The monoisotopic (exact) mass is 300 g/mol. The lowest BCUT2D eigenvalue weighted by molar-refractivity contribution is 0.0601. The van der Waals surface area contributed by atoms with E-state index in [-0.39, 0.29) is 11.8 Å². The van der Waals surface area contributed by atoms with Crippen LogP contribution in [0.1, 0.15) is 20.7 Å². The summed E-state index contributed by atoms with van der Waals surface area (Å²) in [6, 6.07) is 9.06. The van der Waals surface area contributed by atoms with Gasteiger partial charge in [-0.2, -0.15) is 0 Å². The van der Waals surface area contributed by atoms with Crippen LogP contribution in [0.4, 0.5) is 0 Å². The van der Waals surface area contributed by atoms with Gasteiger partial charge in [0, 0.05) is 34.5 Å². The van der Waals surface area contributed by atoms with Crippen molar-refractivity contribution >= 4 is 35.2 Å². The molecule has 0 unspecified atom stereocenters. The maximum Gasteiger partial charge on any atom is 0.261 e. The van der Waals surface area contributed by atoms with Crippen molar-refractivity contribution in [3.05, 3.63) is 41.5 Å². The van der Waals surface area contributed by atoms with Crippen molar-refractivity contribution in [2.45, 2.75) is 4.90 Å². The fourth-order valence-electron chi connectivity index (χ4n) is 2.63. The number of thiol groups is 1. The highest BCUT2D eigenvalue weighted by molar-refractivity contribution is 7.80. The summed E-state index contributed by atoms with van der Waals surface area (Å²) in [7, 11) is 3.83. The summed E-state index contributed by atoms with van der Waals surface area (Å²) < 4.78 is 0. The number of hydrogen-bond acceptors (Lipinski definition) is 4. The van der Waals surface area contributed by atoms with E-state index in [2.05, 4.69) is 12.6 Å². The van der Waals surface area contributed by atoms with Gasteiger partial charge in [0.15, 0.2) is 0 Å². The molecule has 1 aliphatic heterocycles. The van der Waals surface area contributed by atoms with Crippen molar-refractivity contribution in [2.75, 3.05) is 27.2 Å². The lowest BCUT2D eigenvalue weighted by Crippen LogP contribution is -2.43. The second-order valence-corrected chi connectivity index (χ2v) is 5.91. The third kappa shape index (κ3) is 2.22. The molecule has 2 aromatic rings. The highest BCUT2D eigenvalue weighted by Crippen LogP contribution is 2.33. The Morgan fingerprint density at radius 3 is 2.38 bits per heavy atom. The molecule has 0 N–H and O–H groups in total. The number of rotatable bonds is 3. The van der Waals surface area contributed by atoms with Crippen LogP contribution in [-0.4, -0.2) is 48.8 Å². The molecule has 0 aromatic heterocycles. The van der Waals surface area contributed by atoms with Crippen LogP contribution in [0.15, 0.2) is 35.2 Å². The van der Waals surface area contributed by atoms with E-state index >= 15 is 0 Å². The van der Waals surface area contributed by atoms with Gasteiger partial charge in [0.1, 0.15) is 0 Å². The fraction of sp³-hybridized carbons (Fsp3) is 0.250. The average Bonchev–Trinajstić information content (AvgIpc) is 2.45. The maximum absolute atomic E-state index is 12.6. The summed E-state index contributed by atoms with van der Waals surface area (Å²) in [6.45, 7) is 1.04. The van der Waals surface area contributed by atoms with Gasteiger partial charge >= 0.3 is 0 Å². The lowest BCUT2D eigenvalue weighted by atomic mass is 9.94. The number of benzene rings is 2. The molecular formula is C16H16N2O2S. The normalized spacial score (nSPS) is 14.4. The zero-order valence-corrected chi connectivity index (χ0v) is 12.9. The second kappa shape index (κ2) is 5.16. The Hall–Kier alpha value is -1.85. The van der Waals surface area contributed by atoms with Gasteiger partial charge in [0.2, 0.25) is 0 Å². The quantitative estimate of drug-likeness (QED) is 0.698. The second-order valence-electron chi connectivity index (χ2n) is 5.43. The fourth-order valence-corrected chi connectivity index (χ4v) is 2.89. The van der Waals surface area contributed by atoms with Crippen molar-refractivity contribution in [3.63, 3.8) is 0 Å². The standard InChI is InChI=1S/C16H16N2O2S/c1-17(2)8-9-18-15(19)11-5-3-4-10-13(21)7-6-12(14(10)11)16(18)20/h3-7,21H,8-9H2,1-2H3. The minimum Gasteiger partial charge on any atom is -0.308 e. The van der Waals surface area contributed by atoms with Gasteiger partial charge in [-0.25, -0.2) is 0 Å². The van der Waals surface area contributed by atoms with Crippen LogP contribution in [0.3, 0.4) is 0 Å². The Morgan fingerprint density at radius 1 is 1.05 bits per heavy atom. The molecule has 0 radical (unpaired) electrons. The van der Waals surface area contributed by atoms with Gasteiger partial charge in [-0.1, -0.05) is 12.1 Å². The SMILES string of the molecule is CN(C)CCN1C(=O)c2cccc3c(S)ccc(c23)C1=O. The van der Waals surface area contributed by atoms with Gasteiger partial charge in [0.05, 0.1) is 0 Å². The van der Waals surface area contributed by atoms with Gasteiger partial charge in [-0.3, -0.25) is 14.5 Å². The van der Waals surface area contributed by atoms with E-state index < -0.39 is 0 Å². The molecule has 21 heavy (non-hydrogen) atoms. The van der Waals surface area contributed by atoms with E-state index in [0.29, 0.717) is 24.2 Å². The zero-order chi connectivity index (χ0) is 15.1. The molecule has 5 heteroatoms. The van der Waals surface area contributed by atoms with Crippen molar-refractivity contribution in [1.82, 2.24) is 9.80 Å². The molecule has 1 aliphatic rings. The van der Waals surface area contributed by atoms with Gasteiger partial charge in [-0.15, -0.1) is 12.6 Å². The van der Waals surface area contributed by atoms with Crippen LogP contribution in [0.5, 0.6) is 0 Å². The summed E-state index contributed by atoms with van der Waals surface area (Å²) in [6.07, 6.45) is 0. The first-order valence-electron chi connectivity index (χ1n) is 6.76. The summed E-state index contributed by atoms with van der Waals surface area (Å²) in [4.78, 5) is 29.3. The predicted molar refractivity (Wildman–Crippen MR) is 85.1 cm³/mol. The molecule has 0 saturated carbocycles. The number of imide groups is 1. The number of carbonyl (C=O) groups excluding carboxylic acids is 2. The smallest absolute Gasteiger partial charge is 0.261 e. The van der Waals surface area contributed by atoms with Crippen LogP contribution in [-0.2, 0) is 0 Å². The third-order valence-corrected chi connectivity index (χ3v) is 4.13. The van der Waals surface area contributed by atoms with Crippen LogP contribution in [0.2, 0.25) is 0 Å². The molecule has 4 nitrogen and oxygen atoms in total. The van der Waals surface area contributed by atoms with Crippen LogP contribution in [0.25, 0.3) is 10.8 Å². The largest absolute Gasteiger partial charge is 0.308 e. The van der Waals surface area contributed by atoms with E-state index in [1.165, 1.54) is 4.90 Å². The highest BCUT2D eigenvalue weighted by Gasteiger charge is 2.32. The van der Waals surface area contributed by atoms with Crippen molar-refractivity contribution in [2.24, 2.45) is 0 Å². The molecule has 0 aliphatic carbocycles. The average molecular weight is 300 g/mol. The lowest BCUT2D eigenvalue weighted by Gasteiger charge is -2.28. The number of nitrogens with zero attached hydrogens (tertiary/aromatic N) is 2. The molecule has 0 atom stereocenters. The van der Waals surface area contributed by atoms with Crippen molar-refractivity contribution in [1.29, 1.82) is 0 Å². The Morgan fingerprint density at radius 2 is 1.71 bits per heavy atom. The van der Waals surface area contributed by atoms with E-state index in [1.807, 2.05) is 37.2 Å². The van der Waals surface area contributed by atoms with Gasteiger partial charge < -0.3 is 4.90 Å². The van der Waals surface area contributed by atoms with Crippen LogP contribution < -0.4 is 0 Å². The predicted octanol–water partition coefficient (Wildman–Crippen LogP) is 2.29. The van der Waals surface area contributed by atoms with Crippen LogP contribution in [0, 0.1) is 0 Å². The summed E-state index contributed by atoms with van der Waals surface area (Å²) in [5, 5.41) is 1.57. The van der Waals surface area contributed by atoms with E-state index in [0.717, 1.165) is 15.7 Å². The highest BCUT2D eigenvalue weighted by atomic mass is 32.1. The summed E-state index contributed by atoms with van der Waals surface area (Å²) >= 11 is 4.41. The molecule has 0 spiro atoms. The Bertz CT molecular complexity index is 733. The van der Waals surface area contributed by atoms with Crippen molar-refractivity contribution < 1.29 is 9.59 Å². The number of likely N-dealkylation sites (N-methyl/N-ethyl adjacent to an activating group) is 1. The molecule has 3 rings (SSSR count). The number of hydrogen-bond donors (Lipinski definition) is 1. The molecule has 0 fully saturated rings. The zero-order valence-electron chi connectivity index (χ0n) is 12.0. The molecule has 108 valence electrons. The number of carbonyl (C=O) groups is 2. The molecule has 0 bridgehead atoms. The topological polar surface area (TPSA) is 40.6 Å². The van der Waals surface area contributed by atoms with Gasteiger partial charge in [0.25, 0.3) is 11.8 Å². The molecule has 2 aromatic carbocycles.